The Morgan fingerprint density at radius 3 is 3.00 bits per heavy atom. The lowest BCUT2D eigenvalue weighted by Gasteiger charge is -2.27. The van der Waals surface area contributed by atoms with Crippen molar-refractivity contribution >= 4 is 17.0 Å². The van der Waals surface area contributed by atoms with Crippen molar-refractivity contribution in [2.75, 3.05) is 11.4 Å². The minimum absolute atomic E-state index is 0.159. The van der Waals surface area contributed by atoms with Crippen LogP contribution in [0.15, 0.2) is 24.5 Å². The van der Waals surface area contributed by atoms with E-state index >= 15 is 0 Å². The number of aliphatic hydroxyl groups excluding tert-OH is 1. The lowest BCUT2D eigenvalue weighted by atomic mass is 10.1. The van der Waals surface area contributed by atoms with Gasteiger partial charge in [0.1, 0.15) is 11.3 Å². The number of rotatable bonds is 2. The van der Waals surface area contributed by atoms with Gasteiger partial charge in [0.05, 0.1) is 12.1 Å². The molecule has 0 bridgehead atoms. The van der Waals surface area contributed by atoms with E-state index in [-0.39, 0.29) is 12.1 Å². The summed E-state index contributed by atoms with van der Waals surface area (Å²) in [5.41, 5.74) is 1.46. The minimum atomic E-state index is -0.341. The average molecular weight is 244 g/mol. The van der Waals surface area contributed by atoms with Gasteiger partial charge in [-0.1, -0.05) is 0 Å². The number of anilines is 1. The molecule has 0 spiro atoms. The Kier molecular flexibility index (Phi) is 2.83. The lowest BCUT2D eigenvalue weighted by Crippen LogP contribution is -2.37. The summed E-state index contributed by atoms with van der Waals surface area (Å²) in [6.45, 7) is 2.78. The zero-order valence-corrected chi connectivity index (χ0v) is 10.3. The molecule has 1 N–H and O–H groups in total. The van der Waals surface area contributed by atoms with Crippen molar-refractivity contribution in [2.24, 2.45) is 0 Å². The molecule has 2 atom stereocenters. The van der Waals surface area contributed by atoms with Crippen molar-refractivity contribution in [3.63, 3.8) is 0 Å². The molecule has 2 aromatic rings. The van der Waals surface area contributed by atoms with Gasteiger partial charge < -0.3 is 10.0 Å². The molecule has 3 rings (SSSR count). The normalized spacial score (nSPS) is 21.4. The summed E-state index contributed by atoms with van der Waals surface area (Å²) in [6.07, 6.45) is 5.08. The second-order valence-electron chi connectivity index (χ2n) is 4.71. The lowest BCUT2D eigenvalue weighted by molar-refractivity contribution is 0.164. The maximum atomic E-state index is 9.80. The van der Waals surface area contributed by atoms with Gasteiger partial charge in [0, 0.05) is 18.9 Å². The van der Waals surface area contributed by atoms with Crippen LogP contribution in [0, 0.1) is 0 Å². The largest absolute Gasteiger partial charge is 0.391 e. The summed E-state index contributed by atoms with van der Waals surface area (Å²) in [5.74, 6) is 0.881. The van der Waals surface area contributed by atoms with Gasteiger partial charge in [0.25, 0.3) is 0 Å². The molecule has 0 amide bonds. The van der Waals surface area contributed by atoms with E-state index in [0.29, 0.717) is 5.65 Å². The van der Waals surface area contributed by atoms with Crippen LogP contribution in [-0.4, -0.2) is 38.7 Å². The van der Waals surface area contributed by atoms with Crippen LogP contribution in [0.25, 0.3) is 11.2 Å². The number of nitrogens with zero attached hydrogens (tertiary/aromatic N) is 4. The molecule has 94 valence electrons. The molecule has 0 aromatic carbocycles. The molecule has 5 heteroatoms. The zero-order chi connectivity index (χ0) is 12.5. The third-order valence-electron chi connectivity index (χ3n) is 3.47. The van der Waals surface area contributed by atoms with Crippen molar-refractivity contribution < 1.29 is 5.11 Å². The molecule has 0 saturated carbocycles. The van der Waals surface area contributed by atoms with Gasteiger partial charge in [-0.25, -0.2) is 9.97 Å². The van der Waals surface area contributed by atoms with Gasteiger partial charge in [0.15, 0.2) is 5.65 Å². The summed E-state index contributed by atoms with van der Waals surface area (Å²) in [4.78, 5) is 15.1. The highest BCUT2D eigenvalue weighted by Crippen LogP contribution is 2.26. The predicted molar refractivity (Wildman–Crippen MR) is 69.4 cm³/mol. The first-order chi connectivity index (χ1) is 8.75. The van der Waals surface area contributed by atoms with E-state index < -0.39 is 0 Å². The summed E-state index contributed by atoms with van der Waals surface area (Å²) < 4.78 is 0. The first-order valence-electron chi connectivity index (χ1n) is 6.28. The molecule has 5 nitrogen and oxygen atoms in total. The van der Waals surface area contributed by atoms with Crippen LogP contribution in [0.5, 0.6) is 0 Å². The number of fused-ring (bicyclic) bond motifs is 1. The van der Waals surface area contributed by atoms with Gasteiger partial charge in [0.2, 0.25) is 0 Å². The van der Waals surface area contributed by atoms with Gasteiger partial charge in [-0.15, -0.1) is 0 Å². The third-order valence-corrected chi connectivity index (χ3v) is 3.47. The van der Waals surface area contributed by atoms with Crippen molar-refractivity contribution in [1.82, 2.24) is 15.0 Å². The number of hydrogen-bond acceptors (Lipinski definition) is 5. The zero-order valence-electron chi connectivity index (χ0n) is 10.3. The Balaban J connectivity index is 1.98. The summed E-state index contributed by atoms with van der Waals surface area (Å²) in [6, 6.07) is 4.05. The van der Waals surface area contributed by atoms with Crippen LogP contribution in [0.3, 0.4) is 0 Å². The Morgan fingerprint density at radius 2 is 2.17 bits per heavy atom. The van der Waals surface area contributed by atoms with Crippen LogP contribution in [-0.2, 0) is 0 Å². The summed E-state index contributed by atoms with van der Waals surface area (Å²) in [7, 11) is 0. The van der Waals surface area contributed by atoms with E-state index in [1.165, 1.54) is 0 Å². The molecule has 1 aliphatic rings. The van der Waals surface area contributed by atoms with Crippen molar-refractivity contribution in [1.29, 1.82) is 0 Å². The summed E-state index contributed by atoms with van der Waals surface area (Å²) >= 11 is 0. The van der Waals surface area contributed by atoms with Crippen LogP contribution in [0.4, 0.5) is 5.82 Å². The van der Waals surface area contributed by atoms with Crippen LogP contribution >= 0.6 is 0 Å². The van der Waals surface area contributed by atoms with E-state index in [4.69, 9.17) is 0 Å². The highest BCUT2D eigenvalue weighted by atomic mass is 16.3. The van der Waals surface area contributed by atoms with E-state index in [1.54, 1.807) is 12.4 Å². The van der Waals surface area contributed by atoms with Crippen LogP contribution in [0.1, 0.15) is 19.8 Å². The second kappa shape index (κ2) is 4.49. The molecular weight excluding hydrogens is 228 g/mol. The Morgan fingerprint density at radius 1 is 1.33 bits per heavy atom. The SMILES string of the molecule is CC(O)[C@H]1CCCN1c1ccc2nccnc2n1. The van der Waals surface area contributed by atoms with E-state index in [0.717, 1.165) is 30.7 Å². The number of aromatic nitrogens is 3. The van der Waals surface area contributed by atoms with Gasteiger partial charge >= 0.3 is 0 Å². The highest BCUT2D eigenvalue weighted by molar-refractivity contribution is 5.71. The maximum absolute atomic E-state index is 9.80. The second-order valence-corrected chi connectivity index (χ2v) is 4.71. The monoisotopic (exact) mass is 244 g/mol. The fraction of sp³-hybridized carbons (Fsp3) is 0.462. The standard InChI is InChI=1S/C13H16N4O/c1-9(18)11-3-2-8-17(11)12-5-4-10-13(16-12)15-7-6-14-10/h4-7,9,11,18H,2-3,8H2,1H3/t9?,11-/m1/s1. The molecule has 18 heavy (non-hydrogen) atoms. The van der Waals surface area contributed by atoms with E-state index in [9.17, 15) is 5.11 Å². The molecule has 0 radical (unpaired) electrons. The van der Waals surface area contributed by atoms with E-state index in [2.05, 4.69) is 19.9 Å². The van der Waals surface area contributed by atoms with Crippen molar-refractivity contribution in [2.45, 2.75) is 31.9 Å². The third kappa shape index (κ3) is 1.90. The quantitative estimate of drug-likeness (QED) is 0.864. The predicted octanol–water partition coefficient (Wildman–Crippen LogP) is 1.37. The van der Waals surface area contributed by atoms with Crippen LogP contribution < -0.4 is 4.90 Å². The smallest absolute Gasteiger partial charge is 0.180 e. The first-order valence-corrected chi connectivity index (χ1v) is 6.28. The summed E-state index contributed by atoms with van der Waals surface area (Å²) in [5, 5.41) is 9.80. The molecule has 3 heterocycles. The van der Waals surface area contributed by atoms with Gasteiger partial charge in [-0.2, -0.15) is 0 Å². The van der Waals surface area contributed by atoms with Crippen molar-refractivity contribution in [3.05, 3.63) is 24.5 Å². The molecule has 1 saturated heterocycles. The van der Waals surface area contributed by atoms with Gasteiger partial charge in [-0.3, -0.25) is 4.98 Å². The molecule has 1 unspecified atom stereocenters. The average Bonchev–Trinajstić information content (AvgIpc) is 2.87. The topological polar surface area (TPSA) is 62.1 Å². The fourth-order valence-corrected chi connectivity index (χ4v) is 2.58. The number of pyridine rings is 1. The first kappa shape index (κ1) is 11.3. The molecular formula is C13H16N4O. The molecule has 1 fully saturated rings. The Bertz CT molecular complexity index is 557. The number of hydrogen-bond donors (Lipinski definition) is 1. The maximum Gasteiger partial charge on any atom is 0.180 e. The van der Waals surface area contributed by atoms with Crippen LogP contribution in [0.2, 0.25) is 0 Å². The Labute approximate surface area is 106 Å². The highest BCUT2D eigenvalue weighted by Gasteiger charge is 2.29. The number of aliphatic hydroxyl groups is 1. The molecule has 0 aliphatic carbocycles. The van der Waals surface area contributed by atoms with Gasteiger partial charge in [-0.05, 0) is 31.9 Å². The molecule has 2 aromatic heterocycles. The molecule has 1 aliphatic heterocycles. The Hall–Kier alpha value is -1.75. The minimum Gasteiger partial charge on any atom is -0.391 e. The van der Waals surface area contributed by atoms with Crippen molar-refractivity contribution in [3.8, 4) is 0 Å². The van der Waals surface area contributed by atoms with E-state index in [1.807, 2.05) is 19.1 Å². The fourth-order valence-electron chi connectivity index (χ4n) is 2.58.